The number of hydrogen-bond donors (Lipinski definition) is 1. The molecule has 1 aromatic heterocycles. The fraction of sp³-hybridized carbons (Fsp3) is 0.533. The molecule has 1 aliphatic carbocycles. The van der Waals surface area contributed by atoms with E-state index < -0.39 is 0 Å². The maximum atomic E-state index is 13.9. The Balaban J connectivity index is 2.12. The van der Waals surface area contributed by atoms with Crippen molar-refractivity contribution in [2.45, 2.75) is 45.2 Å². The van der Waals surface area contributed by atoms with Crippen LogP contribution in [0.2, 0.25) is 0 Å². The van der Waals surface area contributed by atoms with Crippen molar-refractivity contribution < 1.29 is 4.39 Å². The molecule has 1 saturated carbocycles. The number of para-hydroxylation sites is 1. The molecule has 0 amide bonds. The molecule has 3 nitrogen and oxygen atoms in total. The van der Waals surface area contributed by atoms with Gasteiger partial charge in [-0.05, 0) is 37.3 Å². The monoisotopic (exact) mass is 261 g/mol. The number of nitrogens with zero attached hydrogens (tertiary/aromatic N) is 2. The normalized spacial score (nSPS) is 17.3. The minimum absolute atomic E-state index is 0.118. The Labute approximate surface area is 112 Å². The summed E-state index contributed by atoms with van der Waals surface area (Å²) in [7, 11) is 0. The Morgan fingerprint density at radius 1 is 1.42 bits per heavy atom. The number of fused-ring (bicyclic) bond motifs is 1. The molecule has 1 unspecified atom stereocenters. The zero-order valence-electron chi connectivity index (χ0n) is 11.4. The predicted octanol–water partition coefficient (Wildman–Crippen LogP) is 3.56. The molecule has 1 atom stereocenters. The Bertz CT molecular complexity index is 599. The van der Waals surface area contributed by atoms with Crippen LogP contribution in [0, 0.1) is 11.7 Å². The van der Waals surface area contributed by atoms with Gasteiger partial charge in [0, 0.05) is 6.04 Å². The van der Waals surface area contributed by atoms with Gasteiger partial charge in [0.15, 0.2) is 5.82 Å². The molecular weight excluding hydrogens is 241 g/mol. The van der Waals surface area contributed by atoms with Crippen LogP contribution >= 0.6 is 0 Å². The highest BCUT2D eigenvalue weighted by Gasteiger charge is 2.30. The van der Waals surface area contributed by atoms with E-state index >= 15 is 0 Å². The third-order valence-electron chi connectivity index (χ3n) is 3.67. The number of imidazole rings is 1. The van der Waals surface area contributed by atoms with E-state index in [1.807, 2.05) is 6.07 Å². The second-order valence-electron chi connectivity index (χ2n) is 5.91. The van der Waals surface area contributed by atoms with Gasteiger partial charge < -0.3 is 10.3 Å². The molecule has 2 aromatic rings. The van der Waals surface area contributed by atoms with Crippen molar-refractivity contribution in [1.29, 1.82) is 0 Å². The third-order valence-corrected chi connectivity index (χ3v) is 3.67. The van der Waals surface area contributed by atoms with Crippen molar-refractivity contribution in [2.24, 2.45) is 11.7 Å². The largest absolute Gasteiger partial charge is 0.323 e. The second-order valence-corrected chi connectivity index (χ2v) is 5.91. The summed E-state index contributed by atoms with van der Waals surface area (Å²) in [6.07, 6.45) is 3.16. The number of halogens is 1. The van der Waals surface area contributed by atoms with Crippen LogP contribution in [0.15, 0.2) is 18.2 Å². The van der Waals surface area contributed by atoms with E-state index in [0.717, 1.165) is 30.6 Å². The van der Waals surface area contributed by atoms with Crippen molar-refractivity contribution in [3.63, 3.8) is 0 Å². The van der Waals surface area contributed by atoms with Crippen molar-refractivity contribution in [2.75, 3.05) is 0 Å². The summed E-state index contributed by atoms with van der Waals surface area (Å²) in [5, 5.41) is 0. The summed E-state index contributed by atoms with van der Waals surface area (Å²) in [6.45, 7) is 4.29. The molecule has 102 valence electrons. The van der Waals surface area contributed by atoms with Gasteiger partial charge in [0.25, 0.3) is 0 Å². The molecule has 0 spiro atoms. The lowest BCUT2D eigenvalue weighted by atomic mass is 10.0. The Kier molecular flexibility index (Phi) is 3.05. The lowest BCUT2D eigenvalue weighted by Gasteiger charge is -2.16. The number of hydrogen-bond acceptors (Lipinski definition) is 2. The van der Waals surface area contributed by atoms with Gasteiger partial charge >= 0.3 is 0 Å². The first-order valence-electron chi connectivity index (χ1n) is 7.00. The maximum Gasteiger partial charge on any atom is 0.151 e. The highest BCUT2D eigenvalue weighted by atomic mass is 19.1. The van der Waals surface area contributed by atoms with E-state index in [1.54, 1.807) is 6.07 Å². The van der Waals surface area contributed by atoms with Gasteiger partial charge in [0.05, 0.1) is 11.6 Å². The molecule has 2 N–H and O–H groups in total. The van der Waals surface area contributed by atoms with E-state index in [-0.39, 0.29) is 11.9 Å². The molecule has 4 heteroatoms. The van der Waals surface area contributed by atoms with E-state index in [0.29, 0.717) is 17.5 Å². The predicted molar refractivity (Wildman–Crippen MR) is 74.3 cm³/mol. The van der Waals surface area contributed by atoms with Crippen LogP contribution < -0.4 is 5.73 Å². The van der Waals surface area contributed by atoms with Gasteiger partial charge in [0.2, 0.25) is 0 Å². The van der Waals surface area contributed by atoms with Crippen molar-refractivity contribution in [3.8, 4) is 0 Å². The summed E-state index contributed by atoms with van der Waals surface area (Å²) in [4.78, 5) is 4.49. The first kappa shape index (κ1) is 12.6. The number of rotatable bonds is 4. The first-order chi connectivity index (χ1) is 9.08. The average molecular weight is 261 g/mol. The smallest absolute Gasteiger partial charge is 0.151 e. The third kappa shape index (κ3) is 2.25. The van der Waals surface area contributed by atoms with E-state index in [2.05, 4.69) is 23.4 Å². The SMILES string of the molecule is CC(C)CC(N)c1nc2c(F)cccc2n1C1CC1. The minimum atomic E-state index is -0.255. The molecule has 1 heterocycles. The molecule has 1 aliphatic rings. The molecule has 0 radical (unpaired) electrons. The lowest BCUT2D eigenvalue weighted by molar-refractivity contribution is 0.477. The van der Waals surface area contributed by atoms with Crippen molar-refractivity contribution in [1.82, 2.24) is 9.55 Å². The first-order valence-corrected chi connectivity index (χ1v) is 7.00. The molecule has 19 heavy (non-hydrogen) atoms. The number of aromatic nitrogens is 2. The number of nitrogens with two attached hydrogens (primary N) is 1. The standard InChI is InChI=1S/C15H20FN3/c1-9(2)8-12(17)15-18-14-11(16)4-3-5-13(14)19(15)10-6-7-10/h3-5,9-10,12H,6-8,17H2,1-2H3. The average Bonchev–Trinajstić information content (AvgIpc) is 3.09. The Hall–Kier alpha value is -1.42. The van der Waals surface area contributed by atoms with Gasteiger partial charge in [-0.1, -0.05) is 19.9 Å². The van der Waals surface area contributed by atoms with Gasteiger partial charge in [0.1, 0.15) is 11.3 Å². The quantitative estimate of drug-likeness (QED) is 0.914. The highest BCUT2D eigenvalue weighted by Crippen LogP contribution is 2.40. The number of benzene rings is 1. The van der Waals surface area contributed by atoms with Crippen LogP contribution in [0.3, 0.4) is 0 Å². The highest BCUT2D eigenvalue weighted by molar-refractivity contribution is 5.77. The Morgan fingerprint density at radius 2 is 2.16 bits per heavy atom. The summed E-state index contributed by atoms with van der Waals surface area (Å²) in [5.74, 6) is 1.10. The van der Waals surface area contributed by atoms with E-state index in [9.17, 15) is 4.39 Å². The van der Waals surface area contributed by atoms with Crippen LogP contribution in [-0.2, 0) is 0 Å². The molecule has 0 bridgehead atoms. The van der Waals surface area contributed by atoms with Crippen molar-refractivity contribution in [3.05, 3.63) is 29.8 Å². The molecule has 1 aromatic carbocycles. The summed E-state index contributed by atoms with van der Waals surface area (Å²) in [6, 6.07) is 5.49. The van der Waals surface area contributed by atoms with Gasteiger partial charge in [-0.25, -0.2) is 9.37 Å². The maximum absolute atomic E-state index is 13.9. The topological polar surface area (TPSA) is 43.8 Å². The fourth-order valence-electron chi connectivity index (χ4n) is 2.69. The van der Waals surface area contributed by atoms with Gasteiger partial charge in [-0.2, -0.15) is 0 Å². The van der Waals surface area contributed by atoms with Crippen molar-refractivity contribution >= 4 is 11.0 Å². The summed E-state index contributed by atoms with van der Waals surface area (Å²) >= 11 is 0. The molecule has 1 fully saturated rings. The van der Waals surface area contributed by atoms with Gasteiger partial charge in [-0.15, -0.1) is 0 Å². The van der Waals surface area contributed by atoms with Crippen LogP contribution in [0.25, 0.3) is 11.0 Å². The van der Waals surface area contributed by atoms with E-state index in [4.69, 9.17) is 5.73 Å². The van der Waals surface area contributed by atoms with Crippen LogP contribution in [0.4, 0.5) is 4.39 Å². The zero-order valence-corrected chi connectivity index (χ0v) is 11.4. The molecular formula is C15H20FN3. The molecule has 0 saturated heterocycles. The fourth-order valence-corrected chi connectivity index (χ4v) is 2.69. The summed E-state index contributed by atoms with van der Waals surface area (Å²) < 4.78 is 16.0. The van der Waals surface area contributed by atoms with E-state index in [1.165, 1.54) is 6.07 Å². The van der Waals surface area contributed by atoms with Gasteiger partial charge in [-0.3, -0.25) is 0 Å². The molecule has 0 aliphatic heterocycles. The van der Waals surface area contributed by atoms with Crippen LogP contribution in [-0.4, -0.2) is 9.55 Å². The zero-order chi connectivity index (χ0) is 13.6. The minimum Gasteiger partial charge on any atom is -0.323 e. The Morgan fingerprint density at radius 3 is 2.79 bits per heavy atom. The summed E-state index contributed by atoms with van der Waals surface area (Å²) in [5.41, 5.74) is 7.62. The van der Waals surface area contributed by atoms with Crippen LogP contribution in [0.5, 0.6) is 0 Å². The molecule has 3 rings (SSSR count). The van der Waals surface area contributed by atoms with Crippen LogP contribution in [0.1, 0.15) is 51.0 Å². The lowest BCUT2D eigenvalue weighted by Crippen LogP contribution is -2.18. The second kappa shape index (κ2) is 4.60.